The molecule has 4 N–H and O–H groups in total. The molecule has 0 saturated heterocycles. The van der Waals surface area contributed by atoms with E-state index in [1.54, 1.807) is 60.7 Å². The van der Waals surface area contributed by atoms with Crippen LogP contribution in [-0.4, -0.2) is 16.7 Å². The molecule has 0 aliphatic carbocycles. The molecule has 5 nitrogen and oxygen atoms in total. The van der Waals surface area contributed by atoms with Crippen LogP contribution in [0.15, 0.2) is 84.0 Å². The first-order chi connectivity index (χ1) is 12.2. The lowest BCUT2D eigenvalue weighted by Crippen LogP contribution is -2.21. The van der Waals surface area contributed by atoms with E-state index in [0.717, 1.165) is 0 Å². The molecule has 0 unspecified atom stereocenters. The average molecular weight is 331 g/mol. The van der Waals surface area contributed by atoms with Gasteiger partial charge in [0.05, 0.1) is 0 Å². The van der Waals surface area contributed by atoms with Crippen molar-refractivity contribution in [3.63, 3.8) is 0 Å². The Balaban J connectivity index is 2.01. The zero-order valence-corrected chi connectivity index (χ0v) is 13.4. The number of hydrazone groups is 1. The largest absolute Gasteiger partial charge is 0.507 e. The van der Waals surface area contributed by atoms with Gasteiger partial charge < -0.3 is 10.8 Å². The number of nitrogens with zero attached hydrogens (tertiary/aromatic N) is 1. The summed E-state index contributed by atoms with van der Waals surface area (Å²) in [5, 5.41) is 14.4. The van der Waals surface area contributed by atoms with Crippen molar-refractivity contribution in [3.05, 3.63) is 95.6 Å². The van der Waals surface area contributed by atoms with Gasteiger partial charge in [-0.25, -0.2) is 5.43 Å². The van der Waals surface area contributed by atoms with Crippen LogP contribution in [0.1, 0.15) is 21.5 Å². The van der Waals surface area contributed by atoms with Crippen LogP contribution in [0.4, 0.5) is 5.69 Å². The Bertz CT molecular complexity index is 873. The number of anilines is 1. The Morgan fingerprint density at radius 3 is 2.12 bits per heavy atom. The van der Waals surface area contributed by atoms with Crippen molar-refractivity contribution in [2.24, 2.45) is 5.10 Å². The van der Waals surface area contributed by atoms with E-state index in [1.807, 2.05) is 18.2 Å². The Hall–Kier alpha value is -3.60. The van der Waals surface area contributed by atoms with Crippen molar-refractivity contribution in [2.45, 2.75) is 0 Å². The molecule has 25 heavy (non-hydrogen) atoms. The lowest BCUT2D eigenvalue weighted by molar-refractivity contribution is 0.0955. The standard InChI is InChI=1S/C20H17N3O2/c21-17-12-6-4-10-15(17)19(16-11-5-7-13-18(16)24)22-23-20(25)14-8-2-1-3-9-14/h1-13,24H,21H2,(H,23,25)/b22-19-. The van der Waals surface area contributed by atoms with E-state index in [2.05, 4.69) is 10.5 Å². The number of phenols is 1. The minimum Gasteiger partial charge on any atom is -0.507 e. The molecular formula is C20H17N3O2. The molecule has 3 aromatic carbocycles. The van der Waals surface area contributed by atoms with Crippen molar-refractivity contribution >= 4 is 17.3 Å². The molecule has 1 amide bonds. The van der Waals surface area contributed by atoms with Crippen LogP contribution in [-0.2, 0) is 0 Å². The van der Waals surface area contributed by atoms with E-state index in [4.69, 9.17) is 5.73 Å². The summed E-state index contributed by atoms with van der Waals surface area (Å²) in [5.41, 5.74) is 11.1. The summed E-state index contributed by atoms with van der Waals surface area (Å²) in [4.78, 5) is 12.3. The fourth-order valence-corrected chi connectivity index (χ4v) is 2.41. The number of carbonyl (C=O) groups excluding carboxylic acids is 1. The van der Waals surface area contributed by atoms with Gasteiger partial charge in [0.15, 0.2) is 0 Å². The highest BCUT2D eigenvalue weighted by Gasteiger charge is 2.14. The van der Waals surface area contributed by atoms with Crippen LogP contribution < -0.4 is 11.2 Å². The highest BCUT2D eigenvalue weighted by atomic mass is 16.3. The van der Waals surface area contributed by atoms with Gasteiger partial charge in [0.2, 0.25) is 0 Å². The number of nitrogens with two attached hydrogens (primary N) is 1. The van der Waals surface area contributed by atoms with Crippen molar-refractivity contribution in [2.75, 3.05) is 5.73 Å². The molecule has 0 aromatic heterocycles. The van der Waals surface area contributed by atoms with Crippen LogP contribution >= 0.6 is 0 Å². The smallest absolute Gasteiger partial charge is 0.271 e. The van der Waals surface area contributed by atoms with E-state index in [1.165, 1.54) is 0 Å². The van der Waals surface area contributed by atoms with Crippen LogP contribution in [0.3, 0.4) is 0 Å². The minimum absolute atomic E-state index is 0.0541. The lowest BCUT2D eigenvalue weighted by Gasteiger charge is -2.11. The SMILES string of the molecule is Nc1ccccc1/C(=N/NC(=O)c1ccccc1)c1ccccc1O. The summed E-state index contributed by atoms with van der Waals surface area (Å²) >= 11 is 0. The fraction of sp³-hybridized carbons (Fsp3) is 0. The summed E-state index contributed by atoms with van der Waals surface area (Å²) in [6, 6.07) is 22.7. The molecular weight excluding hydrogens is 314 g/mol. The van der Waals surface area contributed by atoms with Crippen molar-refractivity contribution < 1.29 is 9.90 Å². The number of hydrogen-bond acceptors (Lipinski definition) is 4. The zero-order chi connectivity index (χ0) is 17.6. The molecule has 0 saturated carbocycles. The topological polar surface area (TPSA) is 87.7 Å². The van der Waals surface area contributed by atoms with Crippen LogP contribution in [0.25, 0.3) is 0 Å². The van der Waals surface area contributed by atoms with Gasteiger partial charge in [-0.05, 0) is 30.3 Å². The molecule has 0 radical (unpaired) electrons. The predicted molar refractivity (Wildman–Crippen MR) is 98.5 cm³/mol. The molecule has 0 bridgehead atoms. The maximum Gasteiger partial charge on any atom is 0.271 e. The maximum atomic E-state index is 12.3. The first kappa shape index (κ1) is 16.3. The van der Waals surface area contributed by atoms with Gasteiger partial charge in [0, 0.05) is 22.4 Å². The summed E-state index contributed by atoms with van der Waals surface area (Å²) < 4.78 is 0. The number of benzene rings is 3. The van der Waals surface area contributed by atoms with E-state index < -0.39 is 0 Å². The minimum atomic E-state index is -0.344. The first-order valence-corrected chi connectivity index (χ1v) is 7.73. The molecule has 3 aromatic rings. The normalized spacial score (nSPS) is 11.1. The van der Waals surface area contributed by atoms with Gasteiger partial charge in [-0.2, -0.15) is 5.10 Å². The second-order valence-electron chi connectivity index (χ2n) is 5.37. The molecule has 0 fully saturated rings. The van der Waals surface area contributed by atoms with Gasteiger partial charge in [-0.3, -0.25) is 4.79 Å². The molecule has 0 atom stereocenters. The van der Waals surface area contributed by atoms with Gasteiger partial charge in [0.25, 0.3) is 5.91 Å². The monoisotopic (exact) mass is 331 g/mol. The van der Waals surface area contributed by atoms with Crippen LogP contribution in [0.5, 0.6) is 5.75 Å². The molecule has 0 spiro atoms. The van der Waals surface area contributed by atoms with Gasteiger partial charge in [0.1, 0.15) is 11.5 Å². The average Bonchev–Trinajstić information content (AvgIpc) is 2.65. The Kier molecular flexibility index (Phi) is 4.76. The van der Waals surface area contributed by atoms with Crippen LogP contribution in [0, 0.1) is 0 Å². The Labute approximate surface area is 145 Å². The number of aromatic hydroxyl groups is 1. The second kappa shape index (κ2) is 7.31. The summed E-state index contributed by atoms with van der Waals surface area (Å²) in [7, 11) is 0. The van der Waals surface area contributed by atoms with Crippen LogP contribution in [0.2, 0.25) is 0 Å². The number of para-hydroxylation sites is 2. The summed E-state index contributed by atoms with van der Waals surface area (Å²) in [5.74, 6) is -0.290. The third kappa shape index (κ3) is 3.67. The predicted octanol–water partition coefficient (Wildman–Crippen LogP) is 3.16. The Morgan fingerprint density at radius 1 is 0.840 bits per heavy atom. The number of amides is 1. The highest BCUT2D eigenvalue weighted by Crippen LogP contribution is 2.23. The second-order valence-corrected chi connectivity index (χ2v) is 5.37. The molecule has 5 heteroatoms. The third-order valence-electron chi connectivity index (χ3n) is 3.68. The van der Waals surface area contributed by atoms with E-state index in [-0.39, 0.29) is 11.7 Å². The number of phenolic OH excluding ortho intramolecular Hbond substituents is 1. The van der Waals surface area contributed by atoms with Crippen molar-refractivity contribution in [1.82, 2.24) is 5.43 Å². The van der Waals surface area contributed by atoms with Gasteiger partial charge >= 0.3 is 0 Å². The number of hydrogen-bond donors (Lipinski definition) is 3. The fourth-order valence-electron chi connectivity index (χ4n) is 2.41. The molecule has 3 rings (SSSR count). The molecule has 124 valence electrons. The van der Waals surface area contributed by atoms with E-state index >= 15 is 0 Å². The number of nitrogens with one attached hydrogen (secondary N) is 1. The van der Waals surface area contributed by atoms with E-state index in [0.29, 0.717) is 28.1 Å². The summed E-state index contributed by atoms with van der Waals surface area (Å²) in [6.07, 6.45) is 0. The summed E-state index contributed by atoms with van der Waals surface area (Å²) in [6.45, 7) is 0. The maximum absolute atomic E-state index is 12.3. The first-order valence-electron chi connectivity index (χ1n) is 7.73. The Morgan fingerprint density at radius 2 is 1.44 bits per heavy atom. The quantitative estimate of drug-likeness (QED) is 0.390. The highest BCUT2D eigenvalue weighted by molar-refractivity contribution is 6.17. The van der Waals surface area contributed by atoms with Gasteiger partial charge in [-0.15, -0.1) is 0 Å². The number of rotatable bonds is 4. The number of nitrogen functional groups attached to an aromatic ring is 1. The van der Waals surface area contributed by atoms with Gasteiger partial charge in [-0.1, -0.05) is 48.5 Å². The van der Waals surface area contributed by atoms with E-state index in [9.17, 15) is 9.90 Å². The zero-order valence-electron chi connectivity index (χ0n) is 13.4. The third-order valence-corrected chi connectivity index (χ3v) is 3.68. The lowest BCUT2D eigenvalue weighted by atomic mass is 10.00. The molecule has 0 aliphatic rings. The van der Waals surface area contributed by atoms with Crippen molar-refractivity contribution in [3.8, 4) is 5.75 Å². The number of carbonyl (C=O) groups is 1. The molecule has 0 aliphatic heterocycles. The molecule has 0 heterocycles. The van der Waals surface area contributed by atoms with Crippen molar-refractivity contribution in [1.29, 1.82) is 0 Å².